The van der Waals surface area contributed by atoms with E-state index in [4.69, 9.17) is 5.26 Å². The molecule has 0 saturated heterocycles. The lowest BCUT2D eigenvalue weighted by molar-refractivity contribution is 0.102. The molecule has 1 aromatic rings. The van der Waals surface area contributed by atoms with Gasteiger partial charge in [-0.05, 0) is 6.26 Å². The summed E-state index contributed by atoms with van der Waals surface area (Å²) < 4.78 is 0.617. The molecule has 5 heteroatoms. The molecule has 0 aromatic heterocycles. The van der Waals surface area contributed by atoms with Gasteiger partial charge in [0.25, 0.3) is 0 Å². The summed E-state index contributed by atoms with van der Waals surface area (Å²) in [6, 6.07) is 9.09. The third-order valence-corrected chi connectivity index (χ3v) is 3.78. The van der Waals surface area contributed by atoms with Gasteiger partial charge in [-0.1, -0.05) is 42.1 Å². The van der Waals surface area contributed by atoms with E-state index < -0.39 is 0 Å². The molecule has 0 unspecified atom stereocenters. The number of carbonyl (C=O) groups is 1. The van der Waals surface area contributed by atoms with Gasteiger partial charge in [0.05, 0.1) is 5.75 Å². The fraction of sp³-hybridized carbons (Fsp3) is 0.182. The maximum atomic E-state index is 11.7. The summed E-state index contributed by atoms with van der Waals surface area (Å²) in [4.78, 5) is 15.3. The first-order valence-corrected chi connectivity index (χ1v) is 6.70. The number of aliphatic imine (C=N–C) groups is 1. The summed E-state index contributed by atoms with van der Waals surface area (Å²) in [5.41, 5.74) is 0.687. The first kappa shape index (κ1) is 12.8. The molecule has 3 nitrogen and oxygen atoms in total. The molecule has 0 spiro atoms. The molecular formula is C11H10N2OS2. The van der Waals surface area contributed by atoms with E-state index in [0.717, 1.165) is 0 Å². The van der Waals surface area contributed by atoms with Crippen molar-refractivity contribution >= 4 is 33.7 Å². The lowest BCUT2D eigenvalue weighted by atomic mass is 10.2. The number of hydrogen-bond acceptors (Lipinski definition) is 5. The number of carbonyl (C=O) groups excluding carboxylic acids is 1. The molecule has 1 rings (SSSR count). The van der Waals surface area contributed by atoms with Crippen LogP contribution in [0.4, 0.5) is 0 Å². The van der Waals surface area contributed by atoms with Gasteiger partial charge >= 0.3 is 0 Å². The molecule has 0 bridgehead atoms. The Hall–Kier alpha value is -1.25. The Labute approximate surface area is 103 Å². The fourth-order valence-corrected chi connectivity index (χ4v) is 2.32. The molecule has 0 aliphatic heterocycles. The Morgan fingerprint density at radius 2 is 2.12 bits per heavy atom. The normalized spacial score (nSPS) is 10.9. The summed E-state index contributed by atoms with van der Waals surface area (Å²) in [6.45, 7) is 0. The van der Waals surface area contributed by atoms with Crippen LogP contribution in [0.1, 0.15) is 10.4 Å². The Balaban J connectivity index is 2.54. The van der Waals surface area contributed by atoms with Crippen LogP contribution in [-0.2, 0) is 0 Å². The first-order chi connectivity index (χ1) is 7.77. The predicted octanol–water partition coefficient (Wildman–Crippen LogP) is 2.80. The third kappa shape index (κ3) is 4.09. The Bertz CT molecular complexity index is 423. The van der Waals surface area contributed by atoms with Gasteiger partial charge in [-0.3, -0.25) is 4.79 Å². The number of nitriles is 1. The summed E-state index contributed by atoms with van der Waals surface area (Å²) in [7, 11) is 0. The maximum Gasteiger partial charge on any atom is 0.207 e. The highest BCUT2D eigenvalue weighted by atomic mass is 32.2. The molecule has 0 fully saturated rings. The van der Waals surface area contributed by atoms with Crippen LogP contribution in [0.15, 0.2) is 35.3 Å². The minimum absolute atomic E-state index is 0.0466. The lowest BCUT2D eigenvalue weighted by Gasteiger charge is -2.00. The Morgan fingerprint density at radius 3 is 2.69 bits per heavy atom. The summed E-state index contributed by atoms with van der Waals surface area (Å²) >= 11 is 2.66. The van der Waals surface area contributed by atoms with E-state index >= 15 is 0 Å². The molecule has 82 valence electrons. The number of benzene rings is 1. The highest BCUT2D eigenvalue weighted by molar-refractivity contribution is 8.38. The number of nitrogens with zero attached hydrogens (tertiary/aromatic N) is 2. The summed E-state index contributed by atoms with van der Waals surface area (Å²) in [5, 5.41) is 8.40. The SMILES string of the molecule is CSC(=NC#N)SCC(=O)c1ccccc1. The van der Waals surface area contributed by atoms with Crippen molar-refractivity contribution in [1.82, 2.24) is 0 Å². The van der Waals surface area contributed by atoms with Crippen LogP contribution >= 0.6 is 23.5 Å². The minimum atomic E-state index is 0.0466. The average Bonchev–Trinajstić information content (AvgIpc) is 2.35. The minimum Gasteiger partial charge on any atom is -0.293 e. The zero-order valence-corrected chi connectivity index (χ0v) is 10.3. The molecule has 0 saturated carbocycles. The van der Waals surface area contributed by atoms with Crippen molar-refractivity contribution in [2.24, 2.45) is 4.99 Å². The van der Waals surface area contributed by atoms with E-state index in [9.17, 15) is 4.79 Å². The molecule has 0 N–H and O–H groups in total. The molecular weight excluding hydrogens is 240 g/mol. The van der Waals surface area contributed by atoms with E-state index in [2.05, 4.69) is 4.99 Å². The monoisotopic (exact) mass is 250 g/mol. The fourth-order valence-electron chi connectivity index (χ4n) is 1.01. The molecule has 0 radical (unpaired) electrons. The van der Waals surface area contributed by atoms with Crippen molar-refractivity contribution in [2.75, 3.05) is 12.0 Å². The molecule has 16 heavy (non-hydrogen) atoms. The van der Waals surface area contributed by atoms with Gasteiger partial charge in [0, 0.05) is 5.56 Å². The standard InChI is InChI=1S/C11H10N2OS2/c1-15-11(13-8-12)16-7-10(14)9-5-3-2-4-6-9/h2-6H,7H2,1H3. The zero-order chi connectivity index (χ0) is 11.8. The van der Waals surface area contributed by atoms with Crippen molar-refractivity contribution in [3.8, 4) is 6.19 Å². The number of thioether (sulfide) groups is 2. The van der Waals surface area contributed by atoms with Crippen LogP contribution < -0.4 is 0 Å². The van der Waals surface area contributed by atoms with Crippen LogP contribution in [0.3, 0.4) is 0 Å². The van der Waals surface area contributed by atoms with E-state index in [0.29, 0.717) is 15.7 Å². The van der Waals surface area contributed by atoms with Gasteiger partial charge in [-0.2, -0.15) is 10.3 Å². The van der Waals surface area contributed by atoms with Crippen molar-refractivity contribution in [2.45, 2.75) is 0 Å². The van der Waals surface area contributed by atoms with Crippen LogP contribution in [0.5, 0.6) is 0 Å². The largest absolute Gasteiger partial charge is 0.293 e. The van der Waals surface area contributed by atoms with Gasteiger partial charge in [-0.15, -0.1) is 11.8 Å². The van der Waals surface area contributed by atoms with E-state index in [1.54, 1.807) is 18.3 Å². The van der Waals surface area contributed by atoms with E-state index in [1.807, 2.05) is 24.5 Å². The second kappa shape index (κ2) is 7.09. The van der Waals surface area contributed by atoms with Gasteiger partial charge in [0.2, 0.25) is 6.19 Å². The van der Waals surface area contributed by atoms with Gasteiger partial charge in [0.15, 0.2) is 5.78 Å². The quantitative estimate of drug-likeness (QED) is 0.358. The highest BCUT2D eigenvalue weighted by Crippen LogP contribution is 2.16. The smallest absolute Gasteiger partial charge is 0.207 e. The van der Waals surface area contributed by atoms with Crippen LogP contribution in [0.2, 0.25) is 0 Å². The van der Waals surface area contributed by atoms with Crippen LogP contribution in [-0.4, -0.2) is 22.2 Å². The van der Waals surface area contributed by atoms with Crippen molar-refractivity contribution in [1.29, 1.82) is 5.26 Å². The van der Waals surface area contributed by atoms with Crippen LogP contribution in [0, 0.1) is 11.5 Å². The summed E-state index contributed by atoms with van der Waals surface area (Å²) in [5.74, 6) is 0.357. The Kier molecular flexibility index (Phi) is 5.68. The molecule has 0 heterocycles. The van der Waals surface area contributed by atoms with E-state index in [-0.39, 0.29) is 5.78 Å². The summed E-state index contributed by atoms with van der Waals surface area (Å²) in [6.07, 6.45) is 3.55. The zero-order valence-electron chi connectivity index (χ0n) is 8.71. The lowest BCUT2D eigenvalue weighted by Crippen LogP contribution is -2.03. The van der Waals surface area contributed by atoms with Crippen LogP contribution in [0.25, 0.3) is 0 Å². The number of hydrogen-bond donors (Lipinski definition) is 0. The van der Waals surface area contributed by atoms with Crippen molar-refractivity contribution in [3.05, 3.63) is 35.9 Å². The van der Waals surface area contributed by atoms with Crippen molar-refractivity contribution < 1.29 is 4.79 Å². The van der Waals surface area contributed by atoms with E-state index in [1.165, 1.54) is 23.5 Å². The molecule has 0 atom stereocenters. The average molecular weight is 250 g/mol. The number of rotatable bonds is 3. The third-order valence-electron chi connectivity index (χ3n) is 1.74. The topological polar surface area (TPSA) is 53.2 Å². The van der Waals surface area contributed by atoms with Gasteiger partial charge in [-0.25, -0.2) is 0 Å². The second-order valence-electron chi connectivity index (χ2n) is 2.76. The molecule has 1 aromatic carbocycles. The second-order valence-corrected chi connectivity index (χ2v) is 4.78. The Morgan fingerprint density at radius 1 is 1.44 bits per heavy atom. The predicted molar refractivity (Wildman–Crippen MR) is 69.8 cm³/mol. The maximum absolute atomic E-state index is 11.7. The van der Waals surface area contributed by atoms with Gasteiger partial charge in [0.1, 0.15) is 4.38 Å². The van der Waals surface area contributed by atoms with Gasteiger partial charge < -0.3 is 0 Å². The number of ketones is 1. The highest BCUT2D eigenvalue weighted by Gasteiger charge is 2.07. The molecule has 0 aliphatic rings. The first-order valence-electron chi connectivity index (χ1n) is 4.49. The molecule has 0 amide bonds. The molecule has 0 aliphatic carbocycles. The van der Waals surface area contributed by atoms with Crippen molar-refractivity contribution in [3.63, 3.8) is 0 Å². The number of Topliss-reactive ketones (excluding diaryl/α,β-unsaturated/α-hetero) is 1.